The number of hydrogen-bond acceptors (Lipinski definition) is 6. The van der Waals surface area contributed by atoms with Gasteiger partial charge in [-0.15, -0.1) is 0 Å². The molecular formula is C21H23N5O. The van der Waals surface area contributed by atoms with Gasteiger partial charge in [0.15, 0.2) is 5.82 Å². The van der Waals surface area contributed by atoms with Crippen molar-refractivity contribution in [1.82, 2.24) is 15.0 Å². The minimum atomic E-state index is 0.648. The number of benzene rings is 1. The fourth-order valence-corrected chi connectivity index (χ4v) is 3.12. The van der Waals surface area contributed by atoms with Crippen molar-refractivity contribution in [3.05, 3.63) is 66.4 Å². The summed E-state index contributed by atoms with van der Waals surface area (Å²) in [6.07, 6.45) is 1.77. The van der Waals surface area contributed by atoms with Crippen molar-refractivity contribution in [3.8, 4) is 11.5 Å². The minimum absolute atomic E-state index is 0.648. The van der Waals surface area contributed by atoms with Gasteiger partial charge >= 0.3 is 0 Å². The van der Waals surface area contributed by atoms with E-state index in [1.54, 1.807) is 6.20 Å². The summed E-state index contributed by atoms with van der Waals surface area (Å²) in [6, 6.07) is 18.3. The average Bonchev–Trinajstić information content (AvgIpc) is 2.75. The molecule has 0 amide bonds. The van der Waals surface area contributed by atoms with Crippen LogP contribution in [0.4, 0.5) is 11.6 Å². The first-order chi connectivity index (χ1) is 13.3. The number of morpholine rings is 1. The van der Waals surface area contributed by atoms with Gasteiger partial charge in [0.05, 0.1) is 13.2 Å². The van der Waals surface area contributed by atoms with Crippen molar-refractivity contribution < 1.29 is 4.74 Å². The monoisotopic (exact) mass is 361 g/mol. The number of rotatable bonds is 5. The lowest BCUT2D eigenvalue weighted by molar-refractivity contribution is 0.122. The van der Waals surface area contributed by atoms with Gasteiger partial charge in [-0.2, -0.15) is 0 Å². The Labute approximate surface area is 159 Å². The zero-order valence-corrected chi connectivity index (χ0v) is 15.5. The van der Waals surface area contributed by atoms with E-state index in [4.69, 9.17) is 14.7 Å². The van der Waals surface area contributed by atoms with Crippen LogP contribution in [0.3, 0.4) is 0 Å². The van der Waals surface area contributed by atoms with Gasteiger partial charge < -0.3 is 14.5 Å². The third-order valence-corrected chi connectivity index (χ3v) is 4.58. The molecule has 0 saturated carbocycles. The fourth-order valence-electron chi connectivity index (χ4n) is 3.12. The summed E-state index contributed by atoms with van der Waals surface area (Å²) < 4.78 is 5.48. The van der Waals surface area contributed by atoms with Gasteiger partial charge in [0, 0.05) is 38.9 Å². The molecule has 1 saturated heterocycles. The first kappa shape index (κ1) is 17.4. The Morgan fingerprint density at radius 1 is 1.00 bits per heavy atom. The molecule has 6 nitrogen and oxygen atoms in total. The Morgan fingerprint density at radius 2 is 1.78 bits per heavy atom. The molecule has 1 fully saturated rings. The van der Waals surface area contributed by atoms with E-state index in [-0.39, 0.29) is 0 Å². The van der Waals surface area contributed by atoms with Crippen LogP contribution in [0.1, 0.15) is 5.56 Å². The molecule has 0 spiro atoms. The number of ether oxygens (including phenoxy) is 1. The topological polar surface area (TPSA) is 54.4 Å². The first-order valence-corrected chi connectivity index (χ1v) is 9.18. The third kappa shape index (κ3) is 4.23. The van der Waals surface area contributed by atoms with Crippen LogP contribution in [0.25, 0.3) is 11.5 Å². The van der Waals surface area contributed by atoms with Gasteiger partial charge in [-0.1, -0.05) is 36.4 Å². The molecule has 0 aliphatic carbocycles. The SMILES string of the molecule is CN(Cc1ccccc1)c1cc(N2CCOCC2)nc(-c2ccccn2)n1. The lowest BCUT2D eigenvalue weighted by atomic mass is 10.2. The number of anilines is 2. The van der Waals surface area contributed by atoms with E-state index in [2.05, 4.69) is 52.2 Å². The molecule has 3 heterocycles. The normalized spacial score (nSPS) is 14.2. The minimum Gasteiger partial charge on any atom is -0.378 e. The largest absolute Gasteiger partial charge is 0.378 e. The molecule has 3 aromatic rings. The smallest absolute Gasteiger partial charge is 0.182 e. The highest BCUT2D eigenvalue weighted by Gasteiger charge is 2.17. The molecular weight excluding hydrogens is 338 g/mol. The molecule has 6 heteroatoms. The Hall–Kier alpha value is -2.99. The predicted octanol–water partition coefficient (Wildman–Crippen LogP) is 3.01. The van der Waals surface area contributed by atoms with Crippen molar-refractivity contribution >= 4 is 11.6 Å². The summed E-state index contributed by atoms with van der Waals surface area (Å²) in [5.74, 6) is 2.45. The van der Waals surface area contributed by atoms with E-state index in [1.807, 2.05) is 24.3 Å². The summed E-state index contributed by atoms with van der Waals surface area (Å²) in [7, 11) is 2.06. The lowest BCUT2D eigenvalue weighted by Crippen LogP contribution is -2.37. The van der Waals surface area contributed by atoms with Gasteiger partial charge in [0.1, 0.15) is 17.3 Å². The molecule has 27 heavy (non-hydrogen) atoms. The maximum Gasteiger partial charge on any atom is 0.182 e. The zero-order chi connectivity index (χ0) is 18.5. The summed E-state index contributed by atoms with van der Waals surface area (Å²) in [6.45, 7) is 3.89. The predicted molar refractivity (Wildman–Crippen MR) is 107 cm³/mol. The average molecular weight is 361 g/mol. The van der Waals surface area contributed by atoms with Crippen LogP contribution in [-0.2, 0) is 11.3 Å². The van der Waals surface area contributed by atoms with Crippen LogP contribution in [-0.4, -0.2) is 48.3 Å². The van der Waals surface area contributed by atoms with E-state index >= 15 is 0 Å². The van der Waals surface area contributed by atoms with Crippen molar-refractivity contribution in [2.75, 3.05) is 43.2 Å². The Balaban J connectivity index is 1.68. The standard InChI is InChI=1S/C21H23N5O/c1-25(16-17-7-3-2-4-8-17)19-15-20(26-11-13-27-14-12-26)24-21(23-19)18-9-5-6-10-22-18/h2-10,15H,11-14,16H2,1H3. The van der Waals surface area contributed by atoms with Crippen molar-refractivity contribution in [2.45, 2.75) is 6.54 Å². The number of aromatic nitrogens is 3. The molecule has 1 aromatic carbocycles. The van der Waals surface area contributed by atoms with Crippen molar-refractivity contribution in [1.29, 1.82) is 0 Å². The van der Waals surface area contributed by atoms with Gasteiger partial charge in [0.2, 0.25) is 0 Å². The van der Waals surface area contributed by atoms with Crippen LogP contribution in [0.5, 0.6) is 0 Å². The van der Waals surface area contributed by atoms with E-state index in [1.165, 1.54) is 5.56 Å². The molecule has 4 rings (SSSR count). The highest BCUT2D eigenvalue weighted by Crippen LogP contribution is 2.24. The highest BCUT2D eigenvalue weighted by molar-refractivity contribution is 5.59. The molecule has 0 atom stereocenters. The van der Waals surface area contributed by atoms with Gasteiger partial charge in [0.25, 0.3) is 0 Å². The summed E-state index contributed by atoms with van der Waals surface area (Å²) in [4.78, 5) is 18.4. The van der Waals surface area contributed by atoms with E-state index < -0.39 is 0 Å². The fraction of sp³-hybridized carbons (Fsp3) is 0.286. The van der Waals surface area contributed by atoms with Crippen LogP contribution >= 0.6 is 0 Å². The van der Waals surface area contributed by atoms with E-state index in [0.717, 1.165) is 50.2 Å². The number of hydrogen-bond donors (Lipinski definition) is 0. The quantitative estimate of drug-likeness (QED) is 0.696. The maximum absolute atomic E-state index is 5.48. The Bertz CT molecular complexity index is 866. The molecule has 1 aliphatic heterocycles. The summed E-state index contributed by atoms with van der Waals surface area (Å²) in [5, 5.41) is 0. The highest BCUT2D eigenvalue weighted by atomic mass is 16.5. The Kier molecular flexibility index (Phi) is 5.25. The second-order valence-corrected chi connectivity index (χ2v) is 6.56. The molecule has 0 unspecified atom stereocenters. The van der Waals surface area contributed by atoms with Gasteiger partial charge in [-0.3, -0.25) is 4.98 Å². The molecule has 0 N–H and O–H groups in total. The number of pyridine rings is 1. The molecule has 2 aromatic heterocycles. The zero-order valence-electron chi connectivity index (χ0n) is 15.5. The lowest BCUT2D eigenvalue weighted by Gasteiger charge is -2.29. The summed E-state index contributed by atoms with van der Waals surface area (Å²) in [5.41, 5.74) is 2.02. The van der Waals surface area contributed by atoms with Crippen molar-refractivity contribution in [2.24, 2.45) is 0 Å². The van der Waals surface area contributed by atoms with Gasteiger partial charge in [-0.25, -0.2) is 9.97 Å². The maximum atomic E-state index is 5.48. The second-order valence-electron chi connectivity index (χ2n) is 6.56. The molecule has 0 radical (unpaired) electrons. The first-order valence-electron chi connectivity index (χ1n) is 9.18. The van der Waals surface area contributed by atoms with Gasteiger partial charge in [-0.05, 0) is 17.7 Å². The molecule has 138 valence electrons. The third-order valence-electron chi connectivity index (χ3n) is 4.58. The van der Waals surface area contributed by atoms with E-state index in [9.17, 15) is 0 Å². The summed E-state index contributed by atoms with van der Waals surface area (Å²) >= 11 is 0. The van der Waals surface area contributed by atoms with Crippen LogP contribution < -0.4 is 9.80 Å². The molecule has 0 bridgehead atoms. The van der Waals surface area contributed by atoms with Crippen LogP contribution in [0, 0.1) is 0 Å². The van der Waals surface area contributed by atoms with Crippen LogP contribution in [0.15, 0.2) is 60.8 Å². The molecule has 1 aliphatic rings. The van der Waals surface area contributed by atoms with Crippen LogP contribution in [0.2, 0.25) is 0 Å². The Morgan fingerprint density at radius 3 is 2.52 bits per heavy atom. The van der Waals surface area contributed by atoms with E-state index in [0.29, 0.717) is 5.82 Å². The number of nitrogens with zero attached hydrogens (tertiary/aromatic N) is 5. The second kappa shape index (κ2) is 8.14. The van der Waals surface area contributed by atoms with Crippen molar-refractivity contribution in [3.63, 3.8) is 0 Å².